The number of rotatable bonds is 10. The summed E-state index contributed by atoms with van der Waals surface area (Å²) in [5.74, 6) is 1.64. The van der Waals surface area contributed by atoms with Gasteiger partial charge in [0, 0.05) is 37.5 Å². The molecule has 244 valence electrons. The largest absolute Gasteiger partial charge is 0.493 e. The Hall–Kier alpha value is -4.31. The molecular weight excluding hydrogens is 584 g/mol. The van der Waals surface area contributed by atoms with E-state index in [0.717, 1.165) is 36.1 Å². The summed E-state index contributed by atoms with van der Waals surface area (Å²) in [6.07, 6.45) is 7.52. The van der Waals surface area contributed by atoms with Crippen molar-refractivity contribution in [3.05, 3.63) is 64.3 Å². The van der Waals surface area contributed by atoms with E-state index in [0.29, 0.717) is 60.3 Å². The van der Waals surface area contributed by atoms with Crippen molar-refractivity contribution < 1.29 is 28.9 Å². The molecule has 0 bridgehead atoms. The number of benzene rings is 2. The van der Waals surface area contributed by atoms with Crippen molar-refractivity contribution in [3.8, 4) is 17.2 Å². The Labute approximate surface area is 270 Å². The van der Waals surface area contributed by atoms with Crippen molar-refractivity contribution >= 4 is 29.4 Å². The third kappa shape index (κ3) is 5.86. The fourth-order valence-corrected chi connectivity index (χ4v) is 6.82. The summed E-state index contributed by atoms with van der Waals surface area (Å²) in [6.45, 7) is 12.1. The Morgan fingerprint density at radius 3 is 2.24 bits per heavy atom. The summed E-state index contributed by atoms with van der Waals surface area (Å²) in [6, 6.07) is 6.76. The summed E-state index contributed by atoms with van der Waals surface area (Å²) in [7, 11) is 1.57. The molecule has 4 aliphatic heterocycles. The minimum atomic E-state index is -0.877. The maximum atomic E-state index is 13.6. The van der Waals surface area contributed by atoms with Crippen molar-refractivity contribution in [1.29, 1.82) is 0 Å². The van der Waals surface area contributed by atoms with Crippen LogP contribution in [0.4, 0.5) is 11.4 Å². The number of aliphatic hydroxyl groups is 1. The van der Waals surface area contributed by atoms with Crippen LogP contribution in [0.1, 0.15) is 73.2 Å². The van der Waals surface area contributed by atoms with Gasteiger partial charge in [0.05, 0.1) is 54.9 Å². The third-order valence-corrected chi connectivity index (χ3v) is 9.12. The minimum absolute atomic E-state index is 0.00127. The van der Waals surface area contributed by atoms with Crippen LogP contribution >= 0.6 is 0 Å². The van der Waals surface area contributed by atoms with Crippen LogP contribution in [0.5, 0.6) is 17.2 Å². The van der Waals surface area contributed by atoms with Gasteiger partial charge in [0.2, 0.25) is 0 Å². The van der Waals surface area contributed by atoms with Crippen molar-refractivity contribution in [2.45, 2.75) is 78.2 Å². The van der Waals surface area contributed by atoms with Gasteiger partial charge in [0.15, 0.2) is 17.7 Å². The Morgan fingerprint density at radius 1 is 0.848 bits per heavy atom. The normalized spacial score (nSPS) is 21.7. The summed E-state index contributed by atoms with van der Waals surface area (Å²) in [4.78, 5) is 36.9. The zero-order valence-electron chi connectivity index (χ0n) is 27.6. The predicted molar refractivity (Wildman–Crippen MR) is 178 cm³/mol. The lowest BCUT2D eigenvalue weighted by molar-refractivity contribution is 0.0556. The number of aryl methyl sites for hydroxylation is 1. The van der Waals surface area contributed by atoms with Gasteiger partial charge in [-0.1, -0.05) is 23.3 Å². The molecule has 1 unspecified atom stereocenters. The standard InChI is InChI=1S/C36H44N4O6/c1-21(2)40-29-17-33(32(44-6)15-27(29)35(42)39-20-23(4)13-30(39)36(40)43)46-11-9-7-8-10-45-31-16-28-26(14-24(31)5)34(41)38-19-22(3)12-25(38)18-37-28/h12-18,21,25,30,36,43H,7-11,19-20H2,1-6H3/t25-,30-,36?/m0/s1. The van der Waals surface area contributed by atoms with Crippen molar-refractivity contribution in [2.24, 2.45) is 4.99 Å². The number of methoxy groups -OCH3 is 1. The van der Waals surface area contributed by atoms with Crippen LogP contribution in [0.2, 0.25) is 0 Å². The molecular formula is C36H44N4O6. The molecule has 0 aliphatic carbocycles. The molecule has 0 saturated carbocycles. The molecule has 2 aromatic carbocycles. The van der Waals surface area contributed by atoms with Crippen LogP contribution < -0.4 is 19.1 Å². The monoisotopic (exact) mass is 628 g/mol. The van der Waals surface area contributed by atoms with Gasteiger partial charge in [-0.05, 0) is 71.6 Å². The van der Waals surface area contributed by atoms with E-state index in [2.05, 4.69) is 11.1 Å². The molecule has 0 aromatic heterocycles. The number of aliphatic hydroxyl groups excluding tert-OH is 1. The summed E-state index contributed by atoms with van der Waals surface area (Å²) < 4.78 is 17.9. The first-order valence-electron chi connectivity index (χ1n) is 16.2. The number of unbranched alkanes of at least 4 members (excludes halogenated alkanes) is 2. The Balaban J connectivity index is 1.06. The maximum Gasteiger partial charge on any atom is 0.257 e. The molecule has 6 rings (SSSR count). The quantitative estimate of drug-likeness (QED) is 0.276. The molecule has 0 radical (unpaired) electrons. The highest BCUT2D eigenvalue weighted by molar-refractivity contribution is 6.04. The first-order valence-corrected chi connectivity index (χ1v) is 16.2. The number of aliphatic imine (C=N–C) groups is 1. The van der Waals surface area contributed by atoms with Gasteiger partial charge in [0.1, 0.15) is 5.75 Å². The average molecular weight is 629 g/mol. The number of hydrogen-bond donors (Lipinski definition) is 1. The summed E-state index contributed by atoms with van der Waals surface area (Å²) in [5.41, 5.74) is 5.55. The highest BCUT2D eigenvalue weighted by Crippen LogP contribution is 2.41. The van der Waals surface area contributed by atoms with Crippen LogP contribution in [0.3, 0.4) is 0 Å². The lowest BCUT2D eigenvalue weighted by atomic mass is 10.1. The zero-order valence-corrected chi connectivity index (χ0v) is 27.6. The molecule has 2 amide bonds. The van der Waals surface area contributed by atoms with Crippen LogP contribution in [-0.4, -0.2) is 90.7 Å². The summed E-state index contributed by atoms with van der Waals surface area (Å²) in [5, 5.41) is 11.4. The van der Waals surface area contributed by atoms with E-state index in [1.807, 2.05) is 74.9 Å². The number of anilines is 1. The van der Waals surface area contributed by atoms with Crippen molar-refractivity contribution in [1.82, 2.24) is 9.80 Å². The molecule has 3 atom stereocenters. The molecule has 0 fully saturated rings. The van der Waals surface area contributed by atoms with E-state index in [1.165, 1.54) is 5.57 Å². The lowest BCUT2D eigenvalue weighted by Crippen LogP contribution is -2.50. The van der Waals surface area contributed by atoms with Crippen LogP contribution in [0, 0.1) is 6.92 Å². The average Bonchev–Trinajstić information content (AvgIpc) is 3.56. The molecule has 10 heteroatoms. The number of fused-ring (bicyclic) bond motifs is 4. The number of nitrogens with zero attached hydrogens (tertiary/aromatic N) is 4. The topological polar surface area (TPSA) is 104 Å². The first kappa shape index (κ1) is 31.7. The molecule has 2 aromatic rings. The second-order valence-corrected chi connectivity index (χ2v) is 13.0. The van der Waals surface area contributed by atoms with Crippen molar-refractivity contribution in [2.75, 3.05) is 38.3 Å². The van der Waals surface area contributed by atoms with Crippen LogP contribution in [0.15, 0.2) is 52.6 Å². The summed E-state index contributed by atoms with van der Waals surface area (Å²) >= 11 is 0. The van der Waals surface area contributed by atoms with Gasteiger partial charge in [-0.15, -0.1) is 0 Å². The fraction of sp³-hybridized carbons (Fsp3) is 0.472. The molecule has 4 heterocycles. The molecule has 10 nitrogen and oxygen atoms in total. The molecule has 0 spiro atoms. The van der Waals surface area contributed by atoms with E-state index in [9.17, 15) is 14.7 Å². The van der Waals surface area contributed by atoms with Gasteiger partial charge < -0.3 is 34.0 Å². The van der Waals surface area contributed by atoms with Gasteiger partial charge in [-0.3, -0.25) is 14.6 Å². The molecule has 4 aliphatic rings. The van der Waals surface area contributed by atoms with Crippen LogP contribution in [-0.2, 0) is 0 Å². The van der Waals surface area contributed by atoms with E-state index < -0.39 is 12.3 Å². The van der Waals surface area contributed by atoms with Gasteiger partial charge in [-0.2, -0.15) is 0 Å². The SMILES string of the molecule is COc1cc2c(cc1OCCCCCOc1cc3c(cc1C)C(=O)N1CC(C)=C[C@H]1C=N3)N(C(C)C)C(O)[C@@H]1C=C(C)CN1C2=O. The fourth-order valence-electron chi connectivity index (χ4n) is 6.82. The first-order chi connectivity index (χ1) is 22.1. The second kappa shape index (κ2) is 12.8. The zero-order chi connectivity index (χ0) is 32.7. The Bertz CT molecular complexity index is 1630. The lowest BCUT2D eigenvalue weighted by Gasteiger charge is -2.36. The maximum absolute atomic E-state index is 13.6. The highest BCUT2D eigenvalue weighted by Gasteiger charge is 2.42. The van der Waals surface area contributed by atoms with E-state index in [-0.39, 0.29) is 23.9 Å². The van der Waals surface area contributed by atoms with Gasteiger partial charge >= 0.3 is 0 Å². The number of ether oxygens (including phenoxy) is 3. The number of amides is 2. The smallest absolute Gasteiger partial charge is 0.257 e. The Kier molecular flexibility index (Phi) is 8.83. The van der Waals surface area contributed by atoms with Gasteiger partial charge in [-0.25, -0.2) is 0 Å². The van der Waals surface area contributed by atoms with E-state index >= 15 is 0 Å². The number of carbonyl (C=O) groups is 2. The Morgan fingerprint density at radius 2 is 1.52 bits per heavy atom. The third-order valence-electron chi connectivity index (χ3n) is 9.12. The molecule has 0 saturated heterocycles. The number of hydrogen-bond acceptors (Lipinski definition) is 8. The van der Waals surface area contributed by atoms with E-state index in [1.54, 1.807) is 18.1 Å². The number of carbonyl (C=O) groups excluding carboxylic acids is 2. The second-order valence-electron chi connectivity index (χ2n) is 13.0. The van der Waals surface area contributed by atoms with Crippen molar-refractivity contribution in [3.63, 3.8) is 0 Å². The highest BCUT2D eigenvalue weighted by atomic mass is 16.5. The molecule has 1 N–H and O–H groups in total. The van der Waals surface area contributed by atoms with Crippen LogP contribution in [0.25, 0.3) is 0 Å². The predicted octanol–water partition coefficient (Wildman–Crippen LogP) is 5.44. The minimum Gasteiger partial charge on any atom is -0.493 e. The van der Waals surface area contributed by atoms with E-state index in [4.69, 9.17) is 14.2 Å². The molecule has 46 heavy (non-hydrogen) atoms. The van der Waals surface area contributed by atoms with Gasteiger partial charge in [0.25, 0.3) is 11.8 Å².